The van der Waals surface area contributed by atoms with Gasteiger partial charge in [-0.25, -0.2) is 0 Å². The van der Waals surface area contributed by atoms with Crippen LogP contribution < -0.4 is 9.47 Å². The summed E-state index contributed by atoms with van der Waals surface area (Å²) in [5.41, 5.74) is 2.68. The van der Waals surface area contributed by atoms with Gasteiger partial charge in [-0.1, -0.05) is 44.9 Å². The largest absolute Gasteiger partial charge is 0.490 e. The van der Waals surface area contributed by atoms with Crippen LogP contribution in [-0.4, -0.2) is 74.0 Å². The summed E-state index contributed by atoms with van der Waals surface area (Å²) >= 11 is 0. The summed E-state index contributed by atoms with van der Waals surface area (Å²) in [4.78, 5) is 0. The molecule has 4 rings (SSSR count). The van der Waals surface area contributed by atoms with Crippen molar-refractivity contribution in [2.75, 3.05) is 6.61 Å². The van der Waals surface area contributed by atoms with Crippen LogP contribution in [0.15, 0.2) is 24.3 Å². The highest BCUT2D eigenvalue weighted by atomic mass is 16.7. The van der Waals surface area contributed by atoms with E-state index in [-0.39, 0.29) is 17.9 Å². The average Bonchev–Trinajstić information content (AvgIpc) is 3.06. The van der Waals surface area contributed by atoms with Crippen LogP contribution in [0.3, 0.4) is 0 Å². The second-order valence-corrected chi connectivity index (χ2v) is 9.91. The van der Waals surface area contributed by atoms with E-state index in [1.165, 1.54) is 25.7 Å². The van der Waals surface area contributed by atoms with Gasteiger partial charge >= 0.3 is 0 Å². The fourth-order valence-corrected chi connectivity index (χ4v) is 4.88. The molecule has 9 heteroatoms. The number of nitrogens with zero attached hydrogens (tertiary/aromatic N) is 1. The topological polar surface area (TPSA) is 137 Å². The van der Waals surface area contributed by atoms with Crippen molar-refractivity contribution < 1.29 is 34.6 Å². The Morgan fingerprint density at radius 2 is 1.71 bits per heavy atom. The van der Waals surface area contributed by atoms with Crippen LogP contribution in [0.1, 0.15) is 75.1 Å². The first-order valence-electron chi connectivity index (χ1n) is 12.7. The van der Waals surface area contributed by atoms with Crippen molar-refractivity contribution in [2.45, 2.75) is 102 Å². The fraction of sp³-hybridized carbons (Fsp3) is 0.654. The van der Waals surface area contributed by atoms with E-state index in [1.54, 1.807) is 0 Å². The van der Waals surface area contributed by atoms with Gasteiger partial charge in [0.25, 0.3) is 0 Å². The highest BCUT2D eigenvalue weighted by molar-refractivity contribution is 5.43. The third-order valence-corrected chi connectivity index (χ3v) is 6.95. The zero-order chi connectivity index (χ0) is 24.9. The van der Waals surface area contributed by atoms with Crippen LogP contribution in [0.2, 0.25) is 0 Å². The highest BCUT2D eigenvalue weighted by Gasteiger charge is 2.45. The quantitative estimate of drug-likeness (QED) is 0.356. The van der Waals surface area contributed by atoms with E-state index in [9.17, 15) is 20.4 Å². The summed E-state index contributed by atoms with van der Waals surface area (Å²) in [7, 11) is 0. The average molecular weight is 491 g/mol. The Bertz CT molecular complexity index is 940. The number of aliphatic hydroxyl groups is 4. The van der Waals surface area contributed by atoms with Crippen LogP contribution in [0.4, 0.5) is 0 Å². The molecule has 2 fully saturated rings. The number of hydrogen-bond acceptors (Lipinski definition) is 8. The standard InChI is InChI=1S/C26H38N2O7/c1-15(2)21-18(13-16-9-7-8-12-19(16)33-17-10-5-3-4-6-11-17)25(28-27-21)35-26-24(32)23(31)22(30)20(14-29)34-26/h7-9,12,15,17,20,22-24,26,29-32H,3-6,10-11,13-14H2,1-2H3,(H,27,28)/t20-,22-,23+,24-,26+/m1/s1. The molecule has 5 N–H and O–H groups in total. The number of benzene rings is 1. The molecule has 1 aromatic carbocycles. The molecule has 0 amide bonds. The Morgan fingerprint density at radius 1 is 1.00 bits per heavy atom. The van der Waals surface area contributed by atoms with Gasteiger partial charge in [-0.2, -0.15) is 0 Å². The summed E-state index contributed by atoms with van der Waals surface area (Å²) in [5.74, 6) is 1.20. The van der Waals surface area contributed by atoms with Gasteiger partial charge in [-0.3, -0.25) is 5.10 Å². The maximum atomic E-state index is 10.4. The minimum Gasteiger partial charge on any atom is -0.490 e. The normalized spacial score (nSPS) is 28.1. The monoisotopic (exact) mass is 490 g/mol. The maximum absolute atomic E-state index is 10.4. The smallest absolute Gasteiger partial charge is 0.238 e. The molecule has 1 aromatic heterocycles. The zero-order valence-electron chi connectivity index (χ0n) is 20.5. The summed E-state index contributed by atoms with van der Waals surface area (Å²) in [6.45, 7) is 3.56. The lowest BCUT2D eigenvalue weighted by Crippen LogP contribution is -2.60. The van der Waals surface area contributed by atoms with Crippen LogP contribution >= 0.6 is 0 Å². The minimum atomic E-state index is -1.52. The first-order valence-corrected chi connectivity index (χ1v) is 12.7. The third kappa shape index (κ3) is 5.98. The van der Waals surface area contributed by atoms with Gasteiger partial charge in [0.05, 0.1) is 12.7 Å². The third-order valence-electron chi connectivity index (χ3n) is 6.95. The van der Waals surface area contributed by atoms with Crippen LogP contribution in [0, 0.1) is 0 Å². The van der Waals surface area contributed by atoms with Crippen molar-refractivity contribution in [3.8, 4) is 11.6 Å². The van der Waals surface area contributed by atoms with Gasteiger partial charge in [0.15, 0.2) is 0 Å². The molecular weight excluding hydrogens is 452 g/mol. The van der Waals surface area contributed by atoms with Crippen molar-refractivity contribution >= 4 is 0 Å². The highest BCUT2D eigenvalue weighted by Crippen LogP contribution is 2.34. The number of hydrogen-bond donors (Lipinski definition) is 5. The molecule has 2 aliphatic rings. The van der Waals surface area contributed by atoms with Gasteiger partial charge < -0.3 is 34.6 Å². The lowest BCUT2D eigenvalue weighted by atomic mass is 9.98. The minimum absolute atomic E-state index is 0.125. The SMILES string of the molecule is CC(C)c1[nH]nc(O[C@@H]2O[C@H](CO)[C@@H](O)[C@H](O)[C@H]2O)c1Cc1ccccc1OC1CCCCCC1. The molecule has 1 saturated heterocycles. The molecule has 1 aliphatic heterocycles. The summed E-state index contributed by atoms with van der Waals surface area (Å²) in [5, 5.41) is 47.5. The number of nitrogens with one attached hydrogen (secondary N) is 1. The molecule has 1 aliphatic carbocycles. The molecule has 0 unspecified atom stereocenters. The summed E-state index contributed by atoms with van der Waals surface area (Å²) in [6.07, 6.45) is 0.851. The van der Waals surface area contributed by atoms with E-state index < -0.39 is 37.3 Å². The number of ether oxygens (including phenoxy) is 3. The van der Waals surface area contributed by atoms with E-state index >= 15 is 0 Å². The second kappa shape index (κ2) is 11.7. The molecule has 194 valence electrons. The molecular formula is C26H38N2O7. The molecule has 1 saturated carbocycles. The van der Waals surface area contributed by atoms with E-state index in [4.69, 9.17) is 14.2 Å². The number of aromatic nitrogens is 2. The Hall–Kier alpha value is -2.17. The first-order chi connectivity index (χ1) is 16.9. The Kier molecular flexibility index (Phi) is 8.67. The van der Waals surface area contributed by atoms with Gasteiger partial charge in [0, 0.05) is 17.7 Å². The maximum Gasteiger partial charge on any atom is 0.238 e. The number of para-hydroxylation sites is 1. The lowest BCUT2D eigenvalue weighted by molar-refractivity contribution is -0.278. The van der Waals surface area contributed by atoms with Crippen molar-refractivity contribution in [2.24, 2.45) is 0 Å². The van der Waals surface area contributed by atoms with E-state index in [2.05, 4.69) is 10.2 Å². The van der Waals surface area contributed by atoms with Gasteiger partial charge in [0.2, 0.25) is 12.2 Å². The van der Waals surface area contributed by atoms with Crippen molar-refractivity contribution in [3.63, 3.8) is 0 Å². The number of rotatable bonds is 8. The summed E-state index contributed by atoms with van der Waals surface area (Å²) in [6, 6.07) is 7.97. The predicted octanol–water partition coefficient (Wildman–Crippen LogP) is 2.40. The molecule has 2 aromatic rings. The Morgan fingerprint density at radius 3 is 2.40 bits per heavy atom. The van der Waals surface area contributed by atoms with Gasteiger partial charge in [-0.15, -0.1) is 5.10 Å². The lowest BCUT2D eigenvalue weighted by Gasteiger charge is -2.39. The van der Waals surface area contributed by atoms with Crippen molar-refractivity contribution in [3.05, 3.63) is 41.1 Å². The van der Waals surface area contributed by atoms with Crippen molar-refractivity contribution in [1.29, 1.82) is 0 Å². The molecule has 2 heterocycles. The van der Waals surface area contributed by atoms with E-state index in [0.717, 1.165) is 35.4 Å². The molecule has 0 radical (unpaired) electrons. The van der Waals surface area contributed by atoms with E-state index in [1.807, 2.05) is 38.1 Å². The van der Waals surface area contributed by atoms with Crippen LogP contribution in [0.5, 0.6) is 11.6 Å². The van der Waals surface area contributed by atoms with E-state index in [0.29, 0.717) is 6.42 Å². The second-order valence-electron chi connectivity index (χ2n) is 9.91. The van der Waals surface area contributed by atoms with Crippen molar-refractivity contribution in [1.82, 2.24) is 10.2 Å². The molecule has 0 bridgehead atoms. The van der Waals surface area contributed by atoms with Crippen LogP contribution in [-0.2, 0) is 11.2 Å². The van der Waals surface area contributed by atoms with Crippen LogP contribution in [0.25, 0.3) is 0 Å². The molecule has 0 spiro atoms. The van der Waals surface area contributed by atoms with Gasteiger partial charge in [0.1, 0.15) is 30.2 Å². The Labute approximate surface area is 206 Å². The zero-order valence-corrected chi connectivity index (χ0v) is 20.5. The molecule has 5 atom stereocenters. The number of aromatic amines is 1. The predicted molar refractivity (Wildman–Crippen MR) is 128 cm³/mol. The van der Waals surface area contributed by atoms with Gasteiger partial charge in [-0.05, 0) is 43.2 Å². The number of H-pyrrole nitrogens is 1. The first kappa shape index (κ1) is 25.9. The number of aliphatic hydroxyl groups excluding tert-OH is 4. The summed E-state index contributed by atoms with van der Waals surface area (Å²) < 4.78 is 17.9. The Balaban J connectivity index is 1.57. The molecule has 9 nitrogen and oxygen atoms in total. The fourth-order valence-electron chi connectivity index (χ4n) is 4.88. The molecule has 35 heavy (non-hydrogen) atoms.